The van der Waals surface area contributed by atoms with E-state index in [1.165, 1.54) is 0 Å². The number of hydrogen-bond acceptors (Lipinski definition) is 14. The fourth-order valence-electron chi connectivity index (χ4n) is 9.54. The summed E-state index contributed by atoms with van der Waals surface area (Å²) >= 11 is 0. The molecule has 9 rings (SSSR count). The van der Waals surface area contributed by atoms with E-state index in [9.17, 15) is 43.5 Å². The Kier molecular flexibility index (Phi) is 16.2. The van der Waals surface area contributed by atoms with E-state index in [0.29, 0.717) is 61.2 Å². The average molecular weight is 1170 g/mol. The van der Waals surface area contributed by atoms with Gasteiger partial charge in [0, 0.05) is 38.8 Å². The van der Waals surface area contributed by atoms with Crippen LogP contribution in [0.5, 0.6) is 0 Å². The van der Waals surface area contributed by atoms with Gasteiger partial charge in [0.05, 0.1) is 46.0 Å². The monoisotopic (exact) mass is 1170 g/mol. The molecule has 3 unspecified atom stereocenters. The number of aromatic nitrogens is 6. The average Bonchev–Trinajstić information content (AvgIpc) is 1.73. The van der Waals surface area contributed by atoms with E-state index in [2.05, 4.69) is 31.7 Å². The highest BCUT2D eigenvalue weighted by molar-refractivity contribution is 6.13. The number of primary amides is 2. The van der Waals surface area contributed by atoms with Crippen LogP contribution < -0.4 is 43.8 Å². The summed E-state index contributed by atoms with van der Waals surface area (Å²) in [6.45, 7) is 15.4. The van der Waals surface area contributed by atoms with Gasteiger partial charge < -0.3 is 53.0 Å². The molecule has 0 radical (unpaired) electrons. The molecule has 25 nitrogen and oxygen atoms in total. The zero-order valence-electron chi connectivity index (χ0n) is 48.2. The number of alkyl carbamates (subject to hydrolysis) is 2. The molecule has 7 amide bonds. The number of carboxylic acid groups (broad SMARTS) is 1. The molecule has 3 atom stereocenters. The fraction of sp³-hybridized carbons (Fsp3) is 0.230. The Balaban J connectivity index is 1.11. The number of anilines is 3. The molecule has 0 spiro atoms. The van der Waals surface area contributed by atoms with Crippen molar-refractivity contribution in [2.75, 3.05) is 16.0 Å². The van der Waals surface area contributed by atoms with Gasteiger partial charge in [-0.3, -0.25) is 29.3 Å². The predicted octanol–water partition coefficient (Wildman–Crippen LogP) is 6.95. The molecular formula is C61H62N14O11. The summed E-state index contributed by atoms with van der Waals surface area (Å²) in [5.74, 6) is -6.49. The molecule has 12 N–H and O–H groups in total. The third-order valence-corrected chi connectivity index (χ3v) is 13.4. The maximum absolute atomic E-state index is 13.7. The summed E-state index contributed by atoms with van der Waals surface area (Å²) < 4.78 is 15.5. The highest BCUT2D eigenvalue weighted by atomic mass is 16.6. The van der Waals surface area contributed by atoms with E-state index in [4.69, 9.17) is 36.9 Å². The van der Waals surface area contributed by atoms with Gasteiger partial charge in [0.15, 0.2) is 12.1 Å². The summed E-state index contributed by atoms with van der Waals surface area (Å²) in [6, 6.07) is 27.0. The first-order chi connectivity index (χ1) is 40.5. The van der Waals surface area contributed by atoms with E-state index in [0.717, 1.165) is 33.3 Å². The van der Waals surface area contributed by atoms with Crippen LogP contribution in [0.4, 0.5) is 26.7 Å². The van der Waals surface area contributed by atoms with Gasteiger partial charge in [0.2, 0.25) is 17.9 Å². The van der Waals surface area contributed by atoms with Crippen LogP contribution in [0.3, 0.4) is 0 Å². The normalized spacial score (nSPS) is 12.7. The van der Waals surface area contributed by atoms with Gasteiger partial charge in [0.1, 0.15) is 16.9 Å². The molecule has 9 aromatic rings. The standard InChI is InChI=1S/C61H62N14O11/c1-30-11-10-12-37(21-30)74-47-27-36(69-54(78)48(62)52(63)76)24-43(44(47)29-66-74)40-19-16-39(22-31(40)2)75-46-26-35(67-55(79)50(53(64)77)70-58(83)85-60(4,5)6)15-18-42(46)49(72-75)41-20-17-38(23-32(41)3)73-45-25-34(14-13-33(45)28-65-73)68-56(80)51(57(81)82)71-59(84)86-61(7,8)9/h10-29,48,50-51H,62H2,1-9H3,(H2,63,76)(H2,64,77)(H,67,79)(H,68,80)(H,69,78)(H,70,83)(H,71,84)(H,81,82). The third kappa shape index (κ3) is 13.0. The van der Waals surface area contributed by atoms with Gasteiger partial charge >= 0.3 is 18.2 Å². The van der Waals surface area contributed by atoms with Crippen molar-refractivity contribution in [1.82, 2.24) is 40.0 Å². The quantitative estimate of drug-likeness (QED) is 0.0442. The number of aryl methyl sites for hydroxylation is 3. The topological polar surface area (TPSA) is 367 Å². The minimum Gasteiger partial charge on any atom is -0.479 e. The van der Waals surface area contributed by atoms with Gasteiger partial charge in [-0.2, -0.15) is 15.3 Å². The zero-order chi connectivity index (χ0) is 62.3. The zero-order valence-corrected chi connectivity index (χ0v) is 48.2. The predicted molar refractivity (Wildman–Crippen MR) is 322 cm³/mol. The first-order valence-corrected chi connectivity index (χ1v) is 26.8. The Bertz CT molecular complexity index is 4260. The maximum Gasteiger partial charge on any atom is 0.408 e. The Morgan fingerprint density at radius 2 is 1.05 bits per heavy atom. The number of carbonyl (C=O) groups excluding carboxylic acids is 7. The number of rotatable bonds is 16. The molecule has 25 heteroatoms. The number of carbonyl (C=O) groups is 8. The second-order valence-corrected chi connectivity index (χ2v) is 22.4. The van der Waals surface area contributed by atoms with Crippen molar-refractivity contribution in [3.05, 3.63) is 138 Å². The van der Waals surface area contributed by atoms with Crippen LogP contribution in [-0.2, 0) is 38.2 Å². The van der Waals surface area contributed by atoms with Gasteiger partial charge in [0.25, 0.3) is 17.7 Å². The lowest BCUT2D eigenvalue weighted by Gasteiger charge is -2.22. The number of nitrogens with zero attached hydrogens (tertiary/aromatic N) is 6. The molecule has 0 aliphatic heterocycles. The number of benzene rings is 6. The second kappa shape index (κ2) is 23.4. The Morgan fingerprint density at radius 1 is 0.523 bits per heavy atom. The molecule has 86 heavy (non-hydrogen) atoms. The van der Waals surface area contributed by atoms with E-state index >= 15 is 0 Å². The lowest BCUT2D eigenvalue weighted by atomic mass is 9.96. The minimum atomic E-state index is -1.97. The van der Waals surface area contributed by atoms with Crippen molar-refractivity contribution < 1.29 is 52.9 Å². The molecule has 0 bridgehead atoms. The second-order valence-electron chi connectivity index (χ2n) is 22.4. The third-order valence-electron chi connectivity index (χ3n) is 13.4. The van der Waals surface area contributed by atoms with Crippen LogP contribution in [0, 0.1) is 20.8 Å². The highest BCUT2D eigenvalue weighted by Gasteiger charge is 2.32. The Labute approximate surface area is 491 Å². The molecule has 3 aromatic heterocycles. The Morgan fingerprint density at radius 3 is 1.64 bits per heavy atom. The SMILES string of the molecule is Cc1cccc(-n2ncc3c(-c4ccc(-n5nc(-c6ccc(-n7ncc8ccc(NC(=O)C(NC(=O)OC(C)(C)C)C(=O)O)cc87)cc6C)c6ccc(NC(=O)C(NC(=O)OC(C)(C)C)C(N)=O)cc65)cc4C)cc(NC(=O)C(N)C(N)=O)cc32)c1. The van der Waals surface area contributed by atoms with Gasteiger partial charge in [-0.15, -0.1) is 0 Å². The first kappa shape index (κ1) is 59.7. The van der Waals surface area contributed by atoms with Crippen LogP contribution in [-0.4, -0.2) is 111 Å². The maximum atomic E-state index is 13.7. The van der Waals surface area contributed by atoms with E-state index < -0.39 is 77.0 Å². The molecule has 0 aliphatic carbocycles. The lowest BCUT2D eigenvalue weighted by Crippen LogP contribution is -2.52. The number of fused-ring (bicyclic) bond motifs is 3. The summed E-state index contributed by atoms with van der Waals surface area (Å²) in [4.78, 5) is 102. The van der Waals surface area contributed by atoms with Crippen LogP contribution >= 0.6 is 0 Å². The minimum absolute atomic E-state index is 0.217. The summed E-state index contributed by atoms with van der Waals surface area (Å²) in [7, 11) is 0. The molecule has 6 aromatic carbocycles. The van der Waals surface area contributed by atoms with Crippen molar-refractivity contribution in [2.24, 2.45) is 17.2 Å². The number of hydrogen-bond donors (Lipinski definition) is 9. The van der Waals surface area contributed by atoms with E-state index in [1.54, 1.807) is 117 Å². The summed E-state index contributed by atoms with van der Waals surface area (Å²) in [5, 5.41) is 38.8. The van der Waals surface area contributed by atoms with Crippen molar-refractivity contribution in [2.45, 2.75) is 91.6 Å². The smallest absolute Gasteiger partial charge is 0.408 e. The van der Waals surface area contributed by atoms with Crippen LogP contribution in [0.2, 0.25) is 0 Å². The molecule has 0 saturated carbocycles. The molecule has 0 saturated heterocycles. The first-order valence-electron chi connectivity index (χ1n) is 26.8. The van der Waals surface area contributed by atoms with Crippen LogP contribution in [0.15, 0.2) is 122 Å². The van der Waals surface area contributed by atoms with Crippen molar-refractivity contribution in [1.29, 1.82) is 0 Å². The van der Waals surface area contributed by atoms with E-state index in [1.807, 2.05) is 81.4 Å². The van der Waals surface area contributed by atoms with Crippen molar-refractivity contribution in [3.63, 3.8) is 0 Å². The summed E-state index contributed by atoms with van der Waals surface area (Å²) in [6.07, 6.45) is 1.24. The number of amides is 7. The molecule has 442 valence electrons. The fourth-order valence-corrected chi connectivity index (χ4v) is 9.54. The number of nitrogens with two attached hydrogens (primary N) is 3. The lowest BCUT2D eigenvalue weighted by molar-refractivity contribution is -0.143. The van der Waals surface area contributed by atoms with Gasteiger partial charge in [-0.1, -0.05) is 24.3 Å². The van der Waals surface area contributed by atoms with E-state index in [-0.39, 0.29) is 11.4 Å². The van der Waals surface area contributed by atoms with Gasteiger partial charge in [-0.05, 0) is 175 Å². The van der Waals surface area contributed by atoms with Crippen LogP contribution in [0.1, 0.15) is 58.2 Å². The van der Waals surface area contributed by atoms with Crippen LogP contribution in [0.25, 0.3) is 72.2 Å². The number of nitrogens with one attached hydrogen (secondary N) is 5. The molecule has 3 heterocycles. The molecular weight excluding hydrogens is 1100 g/mol. The largest absolute Gasteiger partial charge is 0.479 e. The van der Waals surface area contributed by atoms with Crippen molar-refractivity contribution >= 4 is 97.5 Å². The number of carboxylic acids is 1. The summed E-state index contributed by atoms with van der Waals surface area (Å²) in [5.41, 5.74) is 24.5. The molecule has 0 aliphatic rings. The number of aliphatic carboxylic acids is 1. The van der Waals surface area contributed by atoms with Crippen molar-refractivity contribution in [3.8, 4) is 39.4 Å². The molecule has 0 fully saturated rings. The van der Waals surface area contributed by atoms with Gasteiger partial charge in [-0.25, -0.2) is 28.4 Å². The highest BCUT2D eigenvalue weighted by Crippen LogP contribution is 2.39. The Hall–Kier alpha value is -11.0. The number of ether oxygens (including phenoxy) is 2.